The molecule has 1 aliphatic heterocycles. The SMILES string of the molecule is OC[C@H]1[C@H](F)CCN1CCCc1ccccc1. The second kappa shape index (κ2) is 6.12. The monoisotopic (exact) mass is 237 g/mol. The molecule has 1 saturated heterocycles. The number of hydrogen-bond donors (Lipinski definition) is 1. The third-order valence-electron chi connectivity index (χ3n) is 3.52. The van der Waals surface area contributed by atoms with E-state index in [2.05, 4.69) is 17.0 Å². The number of nitrogens with zero attached hydrogens (tertiary/aromatic N) is 1. The lowest BCUT2D eigenvalue weighted by Crippen LogP contribution is -2.37. The van der Waals surface area contributed by atoms with Crippen molar-refractivity contribution in [2.45, 2.75) is 31.5 Å². The summed E-state index contributed by atoms with van der Waals surface area (Å²) in [5, 5.41) is 9.14. The van der Waals surface area contributed by atoms with Crippen LogP contribution in [0.5, 0.6) is 0 Å². The van der Waals surface area contributed by atoms with Crippen molar-refractivity contribution in [2.24, 2.45) is 0 Å². The number of rotatable bonds is 5. The average molecular weight is 237 g/mol. The van der Waals surface area contributed by atoms with Crippen LogP contribution in [0, 0.1) is 0 Å². The molecule has 0 bridgehead atoms. The van der Waals surface area contributed by atoms with E-state index in [0.29, 0.717) is 6.42 Å². The molecule has 3 heteroatoms. The van der Waals surface area contributed by atoms with Gasteiger partial charge in [-0.15, -0.1) is 0 Å². The quantitative estimate of drug-likeness (QED) is 0.847. The molecule has 1 aliphatic rings. The van der Waals surface area contributed by atoms with E-state index in [9.17, 15) is 4.39 Å². The van der Waals surface area contributed by atoms with Gasteiger partial charge >= 0.3 is 0 Å². The molecule has 2 nitrogen and oxygen atoms in total. The zero-order valence-electron chi connectivity index (χ0n) is 10.1. The topological polar surface area (TPSA) is 23.5 Å². The van der Waals surface area contributed by atoms with Gasteiger partial charge in [-0.3, -0.25) is 4.90 Å². The van der Waals surface area contributed by atoms with Gasteiger partial charge in [-0.05, 0) is 31.4 Å². The molecule has 94 valence electrons. The predicted octanol–water partition coefficient (Wildman–Crippen LogP) is 2.02. The Kier molecular flexibility index (Phi) is 4.51. The zero-order valence-corrected chi connectivity index (χ0v) is 10.1. The molecule has 1 N–H and O–H groups in total. The molecular weight excluding hydrogens is 217 g/mol. The van der Waals surface area contributed by atoms with E-state index in [1.54, 1.807) is 0 Å². The second-order valence-electron chi connectivity index (χ2n) is 4.68. The van der Waals surface area contributed by atoms with Gasteiger partial charge in [0.15, 0.2) is 0 Å². The van der Waals surface area contributed by atoms with Crippen LogP contribution in [0.25, 0.3) is 0 Å². The maximum atomic E-state index is 13.4. The maximum Gasteiger partial charge on any atom is 0.119 e. The number of halogens is 1. The van der Waals surface area contributed by atoms with Crippen LogP contribution < -0.4 is 0 Å². The fourth-order valence-corrected chi connectivity index (χ4v) is 2.51. The molecule has 0 aliphatic carbocycles. The van der Waals surface area contributed by atoms with Crippen molar-refractivity contribution in [1.29, 1.82) is 0 Å². The molecule has 0 saturated carbocycles. The molecule has 2 rings (SSSR count). The molecule has 1 aromatic rings. The highest BCUT2D eigenvalue weighted by Crippen LogP contribution is 2.21. The van der Waals surface area contributed by atoms with Gasteiger partial charge in [0.1, 0.15) is 6.17 Å². The Morgan fingerprint density at radius 3 is 2.76 bits per heavy atom. The molecule has 1 heterocycles. The van der Waals surface area contributed by atoms with Crippen molar-refractivity contribution in [3.05, 3.63) is 35.9 Å². The third-order valence-corrected chi connectivity index (χ3v) is 3.52. The Labute approximate surface area is 102 Å². The average Bonchev–Trinajstić information content (AvgIpc) is 2.71. The molecule has 0 radical (unpaired) electrons. The summed E-state index contributed by atoms with van der Waals surface area (Å²) in [5.74, 6) is 0. The highest BCUT2D eigenvalue weighted by atomic mass is 19.1. The molecule has 0 unspecified atom stereocenters. The smallest absolute Gasteiger partial charge is 0.119 e. The van der Waals surface area contributed by atoms with Crippen LogP contribution in [0.4, 0.5) is 4.39 Å². The summed E-state index contributed by atoms with van der Waals surface area (Å²) >= 11 is 0. The maximum absolute atomic E-state index is 13.4. The minimum absolute atomic E-state index is 0.0630. The van der Waals surface area contributed by atoms with Crippen molar-refractivity contribution >= 4 is 0 Å². The molecule has 0 amide bonds. The highest BCUT2D eigenvalue weighted by Gasteiger charge is 2.32. The van der Waals surface area contributed by atoms with E-state index in [-0.39, 0.29) is 12.6 Å². The van der Waals surface area contributed by atoms with Gasteiger partial charge in [-0.2, -0.15) is 0 Å². The fourth-order valence-electron chi connectivity index (χ4n) is 2.51. The first-order chi connectivity index (χ1) is 8.31. The van der Waals surface area contributed by atoms with Gasteiger partial charge < -0.3 is 5.11 Å². The number of hydrogen-bond acceptors (Lipinski definition) is 2. The Bertz CT molecular complexity index is 330. The van der Waals surface area contributed by atoms with E-state index in [1.165, 1.54) is 5.56 Å². The molecule has 0 spiro atoms. The Balaban J connectivity index is 1.75. The first kappa shape index (κ1) is 12.5. The predicted molar refractivity (Wildman–Crippen MR) is 66.7 cm³/mol. The third kappa shape index (κ3) is 3.27. The molecular formula is C14H20FNO. The minimum Gasteiger partial charge on any atom is -0.395 e. The lowest BCUT2D eigenvalue weighted by Gasteiger charge is -2.23. The van der Waals surface area contributed by atoms with Gasteiger partial charge in [-0.1, -0.05) is 30.3 Å². The fraction of sp³-hybridized carbons (Fsp3) is 0.571. The number of aliphatic hydroxyl groups excluding tert-OH is 1. The standard InChI is InChI=1S/C14H20FNO/c15-13-8-10-16(14(13)11-17)9-4-7-12-5-2-1-3-6-12/h1-3,5-6,13-14,17H,4,7-11H2/t13-,14+/m1/s1. The molecule has 1 fully saturated rings. The normalized spacial score (nSPS) is 25.3. The number of benzene rings is 1. The largest absolute Gasteiger partial charge is 0.395 e. The summed E-state index contributed by atoms with van der Waals surface area (Å²) in [6, 6.07) is 10.1. The van der Waals surface area contributed by atoms with E-state index >= 15 is 0 Å². The van der Waals surface area contributed by atoms with Gasteiger partial charge in [0.05, 0.1) is 12.6 Å². The zero-order chi connectivity index (χ0) is 12.1. The van der Waals surface area contributed by atoms with E-state index in [1.807, 2.05) is 18.2 Å². The Hall–Kier alpha value is -0.930. The van der Waals surface area contributed by atoms with Crippen LogP contribution in [0.1, 0.15) is 18.4 Å². The first-order valence-electron chi connectivity index (χ1n) is 6.34. The lowest BCUT2D eigenvalue weighted by molar-refractivity contribution is 0.117. The summed E-state index contributed by atoms with van der Waals surface area (Å²) in [4.78, 5) is 2.08. The van der Waals surface area contributed by atoms with Crippen LogP contribution in [-0.4, -0.2) is 41.9 Å². The van der Waals surface area contributed by atoms with Crippen molar-refractivity contribution in [3.63, 3.8) is 0 Å². The molecule has 1 aromatic carbocycles. The Morgan fingerprint density at radius 2 is 2.06 bits per heavy atom. The summed E-state index contributed by atoms with van der Waals surface area (Å²) in [7, 11) is 0. The van der Waals surface area contributed by atoms with Crippen LogP contribution in [0.2, 0.25) is 0 Å². The van der Waals surface area contributed by atoms with Crippen molar-refractivity contribution in [3.8, 4) is 0 Å². The van der Waals surface area contributed by atoms with Crippen LogP contribution in [0.15, 0.2) is 30.3 Å². The van der Waals surface area contributed by atoms with Crippen molar-refractivity contribution in [1.82, 2.24) is 4.90 Å². The van der Waals surface area contributed by atoms with Crippen molar-refractivity contribution in [2.75, 3.05) is 19.7 Å². The first-order valence-corrected chi connectivity index (χ1v) is 6.34. The van der Waals surface area contributed by atoms with Crippen LogP contribution >= 0.6 is 0 Å². The summed E-state index contributed by atoms with van der Waals surface area (Å²) in [6.07, 6.45) is 1.76. The summed E-state index contributed by atoms with van der Waals surface area (Å²) < 4.78 is 13.4. The van der Waals surface area contributed by atoms with E-state index < -0.39 is 6.17 Å². The minimum atomic E-state index is -0.850. The second-order valence-corrected chi connectivity index (χ2v) is 4.68. The summed E-state index contributed by atoms with van der Waals surface area (Å²) in [5.41, 5.74) is 1.32. The van der Waals surface area contributed by atoms with E-state index in [4.69, 9.17) is 5.11 Å². The number of aryl methyl sites for hydroxylation is 1. The number of likely N-dealkylation sites (tertiary alicyclic amines) is 1. The number of alkyl halides is 1. The van der Waals surface area contributed by atoms with E-state index in [0.717, 1.165) is 25.9 Å². The van der Waals surface area contributed by atoms with Gasteiger partial charge in [0.2, 0.25) is 0 Å². The van der Waals surface area contributed by atoms with Crippen LogP contribution in [0.3, 0.4) is 0 Å². The summed E-state index contributed by atoms with van der Waals surface area (Å²) in [6.45, 7) is 1.59. The van der Waals surface area contributed by atoms with Gasteiger partial charge in [0.25, 0.3) is 0 Å². The van der Waals surface area contributed by atoms with Crippen molar-refractivity contribution < 1.29 is 9.50 Å². The van der Waals surface area contributed by atoms with Crippen LogP contribution in [-0.2, 0) is 6.42 Å². The number of aliphatic hydroxyl groups is 1. The Morgan fingerprint density at radius 1 is 1.29 bits per heavy atom. The lowest BCUT2D eigenvalue weighted by atomic mass is 10.1. The van der Waals surface area contributed by atoms with Gasteiger partial charge in [0, 0.05) is 6.54 Å². The molecule has 17 heavy (non-hydrogen) atoms. The van der Waals surface area contributed by atoms with Gasteiger partial charge in [-0.25, -0.2) is 4.39 Å². The molecule has 2 atom stereocenters. The highest BCUT2D eigenvalue weighted by molar-refractivity contribution is 5.14. The molecule has 0 aromatic heterocycles.